The smallest absolute Gasteiger partial charge is 0.231 e. The largest absolute Gasteiger partial charge is 0.339 e. The minimum atomic E-state index is 0.282. The first-order valence-electron chi connectivity index (χ1n) is 8.39. The van der Waals surface area contributed by atoms with E-state index >= 15 is 0 Å². The molecule has 1 radical (unpaired) electrons. The van der Waals surface area contributed by atoms with Crippen LogP contribution in [0.2, 0.25) is 0 Å². The van der Waals surface area contributed by atoms with E-state index in [-0.39, 0.29) is 5.92 Å². The van der Waals surface area contributed by atoms with Crippen molar-refractivity contribution in [2.45, 2.75) is 50.4 Å². The number of aromatic nitrogens is 2. The van der Waals surface area contributed by atoms with Crippen molar-refractivity contribution in [3.8, 4) is 0 Å². The molecule has 2 unspecified atom stereocenters. The highest BCUT2D eigenvalue weighted by Crippen LogP contribution is 2.39. The van der Waals surface area contributed by atoms with Crippen LogP contribution in [-0.4, -0.2) is 23.2 Å². The van der Waals surface area contributed by atoms with Gasteiger partial charge in [-0.3, -0.25) is 0 Å². The van der Waals surface area contributed by atoms with Crippen LogP contribution in [0.3, 0.4) is 0 Å². The average Bonchev–Trinajstić information content (AvgIpc) is 3.32. The van der Waals surface area contributed by atoms with Crippen molar-refractivity contribution in [1.29, 1.82) is 0 Å². The van der Waals surface area contributed by atoms with E-state index in [4.69, 9.17) is 4.52 Å². The van der Waals surface area contributed by atoms with Gasteiger partial charge in [0.25, 0.3) is 0 Å². The SMILES string of the molecule is CCc1ccc(C2C[N]CC(c3nc(C4CC4)no3)C2)cc1. The Morgan fingerprint density at radius 1 is 1.05 bits per heavy atom. The second kappa shape index (κ2) is 5.84. The highest BCUT2D eigenvalue weighted by Gasteiger charge is 2.32. The summed E-state index contributed by atoms with van der Waals surface area (Å²) in [6, 6.07) is 8.98. The Kier molecular flexibility index (Phi) is 3.70. The molecule has 0 amide bonds. The summed E-state index contributed by atoms with van der Waals surface area (Å²) in [5.74, 6) is 3.01. The van der Waals surface area contributed by atoms with E-state index in [1.54, 1.807) is 0 Å². The molecular weight excluding hydrogens is 274 g/mol. The van der Waals surface area contributed by atoms with Gasteiger partial charge in [-0.2, -0.15) is 4.98 Å². The maximum Gasteiger partial charge on any atom is 0.231 e. The molecule has 2 aromatic rings. The summed E-state index contributed by atoms with van der Waals surface area (Å²) in [5.41, 5.74) is 2.77. The van der Waals surface area contributed by atoms with E-state index in [0.717, 1.165) is 37.6 Å². The maximum atomic E-state index is 5.51. The molecule has 1 aromatic heterocycles. The Balaban J connectivity index is 1.48. The summed E-state index contributed by atoms with van der Waals surface area (Å²) < 4.78 is 5.51. The van der Waals surface area contributed by atoms with Gasteiger partial charge in [0.15, 0.2) is 5.82 Å². The lowest BCUT2D eigenvalue weighted by atomic mass is 9.85. The molecule has 4 rings (SSSR count). The summed E-state index contributed by atoms with van der Waals surface area (Å²) in [6.07, 6.45) is 4.56. The molecular formula is C18H22N3O. The van der Waals surface area contributed by atoms with Gasteiger partial charge in [0.05, 0.1) is 5.92 Å². The highest BCUT2D eigenvalue weighted by molar-refractivity contribution is 5.26. The van der Waals surface area contributed by atoms with Gasteiger partial charge in [0, 0.05) is 19.0 Å². The molecule has 2 heterocycles. The molecule has 22 heavy (non-hydrogen) atoms. The monoisotopic (exact) mass is 296 g/mol. The summed E-state index contributed by atoms with van der Waals surface area (Å²) in [4.78, 5) is 4.61. The standard InChI is InChI=1S/C18H22N3O/c1-2-12-3-5-13(6-4-12)15-9-16(11-19-10-15)18-20-17(21-22-18)14-7-8-14/h3-6,14-16H,2,7-11H2,1H3. The lowest BCUT2D eigenvalue weighted by Crippen LogP contribution is -2.29. The van der Waals surface area contributed by atoms with Crippen LogP contribution in [0.25, 0.3) is 0 Å². The van der Waals surface area contributed by atoms with Gasteiger partial charge in [-0.15, -0.1) is 0 Å². The van der Waals surface area contributed by atoms with Crippen LogP contribution < -0.4 is 5.32 Å². The van der Waals surface area contributed by atoms with Crippen molar-refractivity contribution in [2.75, 3.05) is 13.1 Å². The second-order valence-corrected chi connectivity index (χ2v) is 6.58. The molecule has 1 saturated carbocycles. The lowest BCUT2D eigenvalue weighted by molar-refractivity contribution is 0.304. The highest BCUT2D eigenvalue weighted by atomic mass is 16.5. The first kappa shape index (κ1) is 13.9. The van der Waals surface area contributed by atoms with Gasteiger partial charge < -0.3 is 4.52 Å². The van der Waals surface area contributed by atoms with E-state index in [2.05, 4.69) is 46.6 Å². The van der Waals surface area contributed by atoms with Crippen molar-refractivity contribution in [1.82, 2.24) is 15.5 Å². The van der Waals surface area contributed by atoms with Gasteiger partial charge in [-0.1, -0.05) is 36.3 Å². The van der Waals surface area contributed by atoms with Crippen LogP contribution in [0.1, 0.15) is 66.8 Å². The predicted octanol–water partition coefficient (Wildman–Crippen LogP) is 3.38. The van der Waals surface area contributed by atoms with Gasteiger partial charge >= 0.3 is 0 Å². The van der Waals surface area contributed by atoms with Crippen molar-refractivity contribution in [3.05, 3.63) is 47.1 Å². The van der Waals surface area contributed by atoms with E-state index in [1.165, 1.54) is 24.0 Å². The molecule has 4 nitrogen and oxygen atoms in total. The topological polar surface area (TPSA) is 53.0 Å². The van der Waals surface area contributed by atoms with Crippen LogP contribution >= 0.6 is 0 Å². The first-order chi connectivity index (χ1) is 10.8. The maximum absolute atomic E-state index is 5.51. The summed E-state index contributed by atoms with van der Waals surface area (Å²) in [7, 11) is 0. The molecule has 1 saturated heterocycles. The van der Waals surface area contributed by atoms with E-state index in [0.29, 0.717) is 11.8 Å². The minimum absolute atomic E-state index is 0.282. The van der Waals surface area contributed by atoms with Crippen molar-refractivity contribution in [2.24, 2.45) is 0 Å². The van der Waals surface area contributed by atoms with Gasteiger partial charge in [0.1, 0.15) is 0 Å². The lowest BCUT2D eigenvalue weighted by Gasteiger charge is -2.27. The fourth-order valence-electron chi connectivity index (χ4n) is 3.25. The van der Waals surface area contributed by atoms with Crippen LogP contribution in [0.15, 0.2) is 28.8 Å². The third-order valence-electron chi connectivity index (χ3n) is 4.88. The normalized spacial score (nSPS) is 25.3. The molecule has 4 heteroatoms. The van der Waals surface area contributed by atoms with Crippen molar-refractivity contribution >= 4 is 0 Å². The number of piperidine rings is 1. The summed E-state index contributed by atoms with van der Waals surface area (Å²) in [6.45, 7) is 3.91. The molecule has 1 aliphatic carbocycles. The quantitative estimate of drug-likeness (QED) is 0.869. The number of nitrogens with zero attached hydrogens (tertiary/aromatic N) is 3. The fraction of sp³-hybridized carbons (Fsp3) is 0.556. The Bertz CT molecular complexity index is 630. The van der Waals surface area contributed by atoms with Gasteiger partial charge in [-0.05, 0) is 42.7 Å². The number of hydrogen-bond acceptors (Lipinski definition) is 3. The van der Waals surface area contributed by atoms with Crippen molar-refractivity contribution < 1.29 is 4.52 Å². The second-order valence-electron chi connectivity index (χ2n) is 6.58. The zero-order valence-corrected chi connectivity index (χ0v) is 13.0. The molecule has 0 N–H and O–H groups in total. The molecule has 0 bridgehead atoms. The molecule has 1 aliphatic heterocycles. The first-order valence-corrected chi connectivity index (χ1v) is 8.39. The molecule has 115 valence electrons. The molecule has 0 spiro atoms. The Labute approximate surface area is 131 Å². The fourth-order valence-corrected chi connectivity index (χ4v) is 3.25. The van der Waals surface area contributed by atoms with E-state index in [9.17, 15) is 0 Å². The zero-order chi connectivity index (χ0) is 14.9. The molecule has 2 fully saturated rings. The molecule has 2 aliphatic rings. The van der Waals surface area contributed by atoms with Gasteiger partial charge in [0.2, 0.25) is 5.89 Å². The Morgan fingerprint density at radius 3 is 2.55 bits per heavy atom. The molecule has 1 aromatic carbocycles. The van der Waals surface area contributed by atoms with Crippen LogP contribution in [0, 0.1) is 0 Å². The Hall–Kier alpha value is -1.68. The summed E-state index contributed by atoms with van der Waals surface area (Å²) >= 11 is 0. The van der Waals surface area contributed by atoms with Crippen LogP contribution in [-0.2, 0) is 6.42 Å². The predicted molar refractivity (Wildman–Crippen MR) is 84.1 cm³/mol. The average molecular weight is 296 g/mol. The van der Waals surface area contributed by atoms with E-state index in [1.807, 2.05) is 0 Å². The minimum Gasteiger partial charge on any atom is -0.339 e. The summed E-state index contributed by atoms with van der Waals surface area (Å²) in [5, 5.41) is 8.82. The third-order valence-corrected chi connectivity index (χ3v) is 4.88. The van der Waals surface area contributed by atoms with Gasteiger partial charge in [-0.25, -0.2) is 5.32 Å². The van der Waals surface area contributed by atoms with Crippen LogP contribution in [0.5, 0.6) is 0 Å². The number of aryl methyl sites for hydroxylation is 1. The number of hydrogen-bond donors (Lipinski definition) is 0. The van der Waals surface area contributed by atoms with Crippen molar-refractivity contribution in [3.63, 3.8) is 0 Å². The number of benzene rings is 1. The zero-order valence-electron chi connectivity index (χ0n) is 13.0. The molecule has 2 atom stereocenters. The van der Waals surface area contributed by atoms with Crippen LogP contribution in [0.4, 0.5) is 0 Å². The third kappa shape index (κ3) is 2.80. The van der Waals surface area contributed by atoms with E-state index < -0.39 is 0 Å². The number of rotatable bonds is 4. The Morgan fingerprint density at radius 2 is 1.82 bits per heavy atom.